The monoisotopic (exact) mass is 424 g/mol. The number of thioether (sulfide) groups is 1. The maximum Gasteiger partial charge on any atom is 0.263 e. The van der Waals surface area contributed by atoms with E-state index < -0.39 is 0 Å². The molecular weight excluding hydrogens is 404 g/mol. The predicted molar refractivity (Wildman–Crippen MR) is 117 cm³/mol. The molecule has 148 valence electrons. The Hall–Kier alpha value is -2.63. The normalized spacial score (nSPS) is 13.1. The van der Waals surface area contributed by atoms with Crippen LogP contribution in [0.5, 0.6) is 0 Å². The summed E-state index contributed by atoms with van der Waals surface area (Å²) < 4.78 is 1.66. The van der Waals surface area contributed by atoms with E-state index in [2.05, 4.69) is 11.4 Å². The van der Waals surface area contributed by atoms with Crippen LogP contribution in [0, 0.1) is 11.3 Å². The largest absolute Gasteiger partial charge is 0.325 e. The van der Waals surface area contributed by atoms with Crippen molar-refractivity contribution in [1.29, 1.82) is 5.26 Å². The molecule has 2 heterocycles. The van der Waals surface area contributed by atoms with Crippen molar-refractivity contribution in [2.45, 2.75) is 44.3 Å². The van der Waals surface area contributed by atoms with Crippen molar-refractivity contribution in [1.82, 2.24) is 9.55 Å². The van der Waals surface area contributed by atoms with Gasteiger partial charge < -0.3 is 5.32 Å². The second-order valence-electron chi connectivity index (χ2n) is 6.86. The predicted octanol–water partition coefficient (Wildman–Crippen LogP) is 3.96. The number of aryl methyl sites for hydroxylation is 2. The quantitative estimate of drug-likeness (QED) is 0.495. The maximum absolute atomic E-state index is 13.1. The van der Waals surface area contributed by atoms with Crippen LogP contribution in [0.25, 0.3) is 10.2 Å². The molecule has 0 aliphatic heterocycles. The van der Waals surface area contributed by atoms with Crippen molar-refractivity contribution in [2.24, 2.45) is 0 Å². The molecule has 29 heavy (non-hydrogen) atoms. The van der Waals surface area contributed by atoms with Crippen LogP contribution >= 0.6 is 23.1 Å². The van der Waals surface area contributed by atoms with Crippen LogP contribution in [-0.2, 0) is 24.2 Å². The number of anilines is 1. The van der Waals surface area contributed by atoms with Gasteiger partial charge in [-0.3, -0.25) is 14.2 Å². The van der Waals surface area contributed by atoms with Gasteiger partial charge in [-0.05, 0) is 56.4 Å². The molecule has 8 heteroatoms. The number of amides is 1. The van der Waals surface area contributed by atoms with Crippen molar-refractivity contribution in [2.75, 3.05) is 11.1 Å². The third-order valence-corrected chi connectivity index (χ3v) is 7.13. The first-order valence-electron chi connectivity index (χ1n) is 9.58. The third kappa shape index (κ3) is 3.93. The standard InChI is InChI=1S/C21H20N4O2S2/c1-2-25-20(27)18-15-8-3-4-9-16(15)29-19(18)24-21(25)28-12-17(26)23-14-7-5-6-13(10-14)11-22/h5-7,10H,2-4,8-9,12H2,1H3,(H,23,26). The van der Waals surface area contributed by atoms with Crippen LogP contribution in [0.2, 0.25) is 0 Å². The van der Waals surface area contributed by atoms with Crippen molar-refractivity contribution in [3.05, 3.63) is 50.6 Å². The van der Waals surface area contributed by atoms with E-state index >= 15 is 0 Å². The van der Waals surface area contributed by atoms with Gasteiger partial charge in [0.2, 0.25) is 5.91 Å². The lowest BCUT2D eigenvalue weighted by Gasteiger charge is -2.12. The number of aromatic nitrogens is 2. The Labute approximate surface area is 176 Å². The number of nitrogens with one attached hydrogen (secondary N) is 1. The molecule has 1 aliphatic carbocycles. The fourth-order valence-electron chi connectivity index (χ4n) is 3.60. The molecule has 1 aliphatic rings. The summed E-state index contributed by atoms with van der Waals surface area (Å²) in [4.78, 5) is 32.3. The Bertz CT molecular complexity index is 1190. The van der Waals surface area contributed by atoms with Crippen molar-refractivity contribution in [3.63, 3.8) is 0 Å². The molecule has 1 aromatic carbocycles. The van der Waals surface area contributed by atoms with Crippen LogP contribution in [-0.4, -0.2) is 21.2 Å². The number of rotatable bonds is 5. The van der Waals surface area contributed by atoms with E-state index in [1.54, 1.807) is 40.2 Å². The smallest absolute Gasteiger partial charge is 0.263 e. The van der Waals surface area contributed by atoms with Crippen molar-refractivity contribution in [3.8, 4) is 6.07 Å². The summed E-state index contributed by atoms with van der Waals surface area (Å²) in [6.45, 7) is 2.44. The molecule has 0 unspecified atom stereocenters. The summed E-state index contributed by atoms with van der Waals surface area (Å²) in [6.07, 6.45) is 4.26. The number of fused-ring (bicyclic) bond motifs is 3. The van der Waals surface area contributed by atoms with Crippen molar-refractivity contribution >= 4 is 44.9 Å². The van der Waals surface area contributed by atoms with Gasteiger partial charge in [0.15, 0.2) is 5.16 Å². The first-order valence-corrected chi connectivity index (χ1v) is 11.4. The fraction of sp³-hybridized carbons (Fsp3) is 0.333. The topological polar surface area (TPSA) is 87.8 Å². The van der Waals surface area contributed by atoms with Gasteiger partial charge in [0.25, 0.3) is 5.56 Å². The third-order valence-electron chi connectivity index (χ3n) is 4.96. The van der Waals surface area contributed by atoms with Gasteiger partial charge in [0.05, 0.1) is 22.8 Å². The molecule has 1 amide bonds. The van der Waals surface area contributed by atoms with E-state index in [0.29, 0.717) is 23.0 Å². The van der Waals surface area contributed by atoms with E-state index in [4.69, 9.17) is 10.2 Å². The van der Waals surface area contributed by atoms with E-state index in [0.717, 1.165) is 35.9 Å². The molecule has 0 saturated carbocycles. The Morgan fingerprint density at radius 3 is 3.00 bits per heavy atom. The Kier molecular flexibility index (Phi) is 5.69. The average molecular weight is 425 g/mol. The summed E-state index contributed by atoms with van der Waals surface area (Å²) >= 11 is 2.88. The number of thiophene rings is 1. The fourth-order valence-corrected chi connectivity index (χ4v) is 5.77. The van der Waals surface area contributed by atoms with Crippen LogP contribution in [0.15, 0.2) is 34.2 Å². The summed E-state index contributed by atoms with van der Waals surface area (Å²) in [7, 11) is 0. The molecule has 2 aromatic heterocycles. The molecule has 0 bridgehead atoms. The zero-order valence-corrected chi connectivity index (χ0v) is 17.7. The number of nitriles is 1. The Morgan fingerprint density at radius 1 is 1.38 bits per heavy atom. The van der Waals surface area contributed by atoms with Gasteiger partial charge in [0.1, 0.15) is 4.83 Å². The lowest BCUT2D eigenvalue weighted by Crippen LogP contribution is -2.24. The Balaban J connectivity index is 1.56. The molecule has 0 spiro atoms. The molecule has 4 rings (SSSR count). The van der Waals surface area contributed by atoms with Gasteiger partial charge in [-0.1, -0.05) is 17.8 Å². The van der Waals surface area contributed by atoms with Crippen LogP contribution in [0.1, 0.15) is 35.8 Å². The minimum atomic E-state index is -0.201. The molecule has 6 nitrogen and oxygen atoms in total. The molecule has 0 radical (unpaired) electrons. The highest BCUT2D eigenvalue weighted by Crippen LogP contribution is 2.34. The number of benzene rings is 1. The van der Waals surface area contributed by atoms with E-state index in [1.165, 1.54) is 22.2 Å². The molecular formula is C21H20N4O2S2. The molecule has 3 aromatic rings. The van der Waals surface area contributed by atoms with Gasteiger partial charge in [-0.25, -0.2) is 4.98 Å². The van der Waals surface area contributed by atoms with Crippen LogP contribution < -0.4 is 10.9 Å². The first kappa shape index (κ1) is 19.7. The first-order chi connectivity index (χ1) is 14.1. The lowest BCUT2D eigenvalue weighted by atomic mass is 9.97. The molecule has 0 fully saturated rings. The maximum atomic E-state index is 13.1. The van der Waals surface area contributed by atoms with Gasteiger partial charge in [-0.15, -0.1) is 11.3 Å². The number of hydrogen-bond acceptors (Lipinski definition) is 6. The van der Waals surface area contributed by atoms with E-state index in [-0.39, 0.29) is 17.2 Å². The summed E-state index contributed by atoms with van der Waals surface area (Å²) in [5, 5.41) is 13.1. The van der Waals surface area contributed by atoms with Gasteiger partial charge in [0, 0.05) is 17.1 Å². The van der Waals surface area contributed by atoms with Crippen LogP contribution in [0.4, 0.5) is 5.69 Å². The number of carbonyl (C=O) groups is 1. The average Bonchev–Trinajstić information content (AvgIpc) is 3.11. The molecule has 0 atom stereocenters. The number of nitrogens with zero attached hydrogens (tertiary/aromatic N) is 3. The highest BCUT2D eigenvalue weighted by Gasteiger charge is 2.22. The SMILES string of the molecule is CCn1c(SCC(=O)Nc2cccc(C#N)c2)nc2sc3c(c2c1=O)CCCC3. The minimum absolute atomic E-state index is 0.00142. The molecule has 0 saturated heterocycles. The summed E-state index contributed by atoms with van der Waals surface area (Å²) in [5.41, 5.74) is 2.25. The lowest BCUT2D eigenvalue weighted by molar-refractivity contribution is -0.113. The Morgan fingerprint density at radius 2 is 2.21 bits per heavy atom. The highest BCUT2D eigenvalue weighted by molar-refractivity contribution is 7.99. The summed E-state index contributed by atoms with van der Waals surface area (Å²) in [5.74, 6) is -0.0626. The second kappa shape index (κ2) is 8.39. The van der Waals surface area contributed by atoms with E-state index in [9.17, 15) is 9.59 Å². The van der Waals surface area contributed by atoms with E-state index in [1.807, 2.05) is 6.92 Å². The zero-order chi connectivity index (χ0) is 20.4. The summed E-state index contributed by atoms with van der Waals surface area (Å²) in [6, 6.07) is 8.84. The van der Waals surface area contributed by atoms with Crippen molar-refractivity contribution < 1.29 is 4.79 Å². The zero-order valence-electron chi connectivity index (χ0n) is 16.0. The molecule has 1 N–H and O–H groups in total. The number of hydrogen-bond donors (Lipinski definition) is 1. The van der Waals surface area contributed by atoms with Gasteiger partial charge in [-0.2, -0.15) is 5.26 Å². The second-order valence-corrected chi connectivity index (χ2v) is 8.89. The minimum Gasteiger partial charge on any atom is -0.325 e. The highest BCUT2D eigenvalue weighted by atomic mass is 32.2. The van der Waals surface area contributed by atoms with Gasteiger partial charge >= 0.3 is 0 Å². The van der Waals surface area contributed by atoms with Crippen LogP contribution in [0.3, 0.4) is 0 Å². The number of carbonyl (C=O) groups excluding carboxylic acids is 1.